The summed E-state index contributed by atoms with van der Waals surface area (Å²) in [4.78, 5) is 11.3. The van der Waals surface area contributed by atoms with Crippen molar-refractivity contribution in [2.45, 2.75) is 24.8 Å². The Morgan fingerprint density at radius 1 is 1.04 bits per heavy atom. The molecule has 0 aliphatic rings. The van der Waals surface area contributed by atoms with Crippen molar-refractivity contribution in [1.29, 1.82) is 0 Å². The summed E-state index contributed by atoms with van der Waals surface area (Å²) in [5, 5.41) is 9.20. The van der Waals surface area contributed by atoms with Crippen molar-refractivity contribution in [2.75, 3.05) is 0 Å². The van der Waals surface area contributed by atoms with Gasteiger partial charge < -0.3 is 5.11 Å². The highest BCUT2D eigenvalue weighted by Crippen LogP contribution is 2.29. The Kier molecular flexibility index (Phi) is 6.42. The maximum atomic E-state index is 12.6. The summed E-state index contributed by atoms with van der Waals surface area (Å²) in [6.07, 6.45) is 0. The van der Waals surface area contributed by atoms with Gasteiger partial charge >= 0.3 is 5.97 Å². The van der Waals surface area contributed by atoms with Crippen LogP contribution in [0.15, 0.2) is 56.3 Å². The van der Waals surface area contributed by atoms with E-state index in [1.807, 2.05) is 24.3 Å². The minimum absolute atomic E-state index is 0.000242. The number of benzene rings is 2. The lowest BCUT2D eigenvalue weighted by molar-refractivity contribution is -0.140. The van der Waals surface area contributed by atoms with Crippen LogP contribution in [0.4, 0.5) is 0 Å². The number of hydrogen-bond acceptors (Lipinski definition) is 3. The molecule has 0 fully saturated rings. The van der Waals surface area contributed by atoms with Gasteiger partial charge in [0.1, 0.15) is 6.04 Å². The van der Waals surface area contributed by atoms with Crippen molar-refractivity contribution < 1.29 is 18.3 Å². The minimum atomic E-state index is -3.97. The summed E-state index contributed by atoms with van der Waals surface area (Å²) in [6, 6.07) is 11.3. The molecular weight excluding hydrogens is 474 g/mol. The van der Waals surface area contributed by atoms with E-state index in [0.29, 0.717) is 4.47 Å². The number of carboxylic acids is 1. The summed E-state index contributed by atoms with van der Waals surface area (Å²) < 4.78 is 28.7. The van der Waals surface area contributed by atoms with E-state index >= 15 is 0 Å². The van der Waals surface area contributed by atoms with E-state index in [1.54, 1.807) is 26.0 Å². The van der Waals surface area contributed by atoms with Gasteiger partial charge in [0, 0.05) is 8.95 Å². The highest BCUT2D eigenvalue weighted by atomic mass is 79.9. The second kappa shape index (κ2) is 7.99. The molecule has 0 saturated heterocycles. The molecule has 2 aromatic carbocycles. The molecule has 0 radical (unpaired) electrons. The molecule has 0 spiro atoms. The number of halogens is 2. The third kappa shape index (κ3) is 4.91. The van der Waals surface area contributed by atoms with E-state index in [0.717, 1.165) is 15.6 Å². The largest absolute Gasteiger partial charge is 0.480 e. The molecule has 25 heavy (non-hydrogen) atoms. The molecule has 0 saturated carbocycles. The molecule has 2 rings (SSSR count). The Balaban J connectivity index is 2.36. The van der Waals surface area contributed by atoms with Crippen molar-refractivity contribution in [3.63, 3.8) is 0 Å². The van der Waals surface area contributed by atoms with Crippen molar-refractivity contribution >= 4 is 47.9 Å². The van der Waals surface area contributed by atoms with E-state index in [4.69, 9.17) is 0 Å². The van der Waals surface area contributed by atoms with Gasteiger partial charge in [0.05, 0.1) is 4.90 Å². The van der Waals surface area contributed by atoms with E-state index in [-0.39, 0.29) is 10.8 Å². The molecule has 1 atom stereocenters. The average molecular weight is 491 g/mol. The first kappa shape index (κ1) is 20.1. The van der Waals surface area contributed by atoms with Crippen LogP contribution in [0.25, 0.3) is 11.1 Å². The van der Waals surface area contributed by atoms with Gasteiger partial charge in [-0.05, 0) is 57.2 Å². The number of hydrogen-bond donors (Lipinski definition) is 2. The van der Waals surface area contributed by atoms with E-state index in [9.17, 15) is 18.3 Å². The zero-order valence-corrected chi connectivity index (χ0v) is 17.5. The normalized spacial score (nSPS) is 13.0. The van der Waals surface area contributed by atoms with Crippen molar-refractivity contribution in [3.05, 3.63) is 51.4 Å². The molecular formula is C17H17Br2NO4S. The molecule has 0 aliphatic carbocycles. The standard InChI is InChI=1S/C17H17Br2NO4S/c1-10(2)16(17(21)22)20-25(23,24)15-8-5-12(9-14(15)19)11-3-6-13(18)7-4-11/h3-10,16,20H,1-2H3,(H,21,22)/t16-/m0/s1. The van der Waals surface area contributed by atoms with E-state index in [1.165, 1.54) is 6.07 Å². The number of carboxylic acid groups (broad SMARTS) is 1. The lowest BCUT2D eigenvalue weighted by atomic mass is 10.1. The third-order valence-electron chi connectivity index (χ3n) is 3.61. The second-order valence-corrected chi connectivity index (χ2v) is 9.29. The average Bonchev–Trinajstić information content (AvgIpc) is 2.52. The Morgan fingerprint density at radius 2 is 1.60 bits per heavy atom. The molecule has 0 heterocycles. The molecule has 2 aromatic rings. The van der Waals surface area contributed by atoms with Gasteiger partial charge in [-0.3, -0.25) is 4.79 Å². The highest BCUT2D eigenvalue weighted by Gasteiger charge is 2.29. The third-order valence-corrected chi connectivity index (χ3v) is 6.56. The number of sulfonamides is 1. The van der Waals surface area contributed by atoms with Crippen LogP contribution in [0.1, 0.15) is 13.8 Å². The van der Waals surface area contributed by atoms with Crippen LogP contribution >= 0.6 is 31.9 Å². The molecule has 5 nitrogen and oxygen atoms in total. The lowest BCUT2D eigenvalue weighted by Crippen LogP contribution is -2.44. The lowest BCUT2D eigenvalue weighted by Gasteiger charge is -2.18. The summed E-state index contributed by atoms with van der Waals surface area (Å²) in [5.41, 5.74) is 1.78. The molecule has 0 unspecified atom stereocenters. The first-order chi connectivity index (χ1) is 11.6. The highest BCUT2D eigenvalue weighted by molar-refractivity contribution is 9.10. The Labute approximate surface area is 163 Å². The van der Waals surface area contributed by atoms with Gasteiger partial charge in [-0.15, -0.1) is 0 Å². The SMILES string of the molecule is CC(C)[C@H](NS(=O)(=O)c1ccc(-c2ccc(Br)cc2)cc1Br)C(=O)O. The van der Waals surface area contributed by atoms with Crippen LogP contribution in [-0.4, -0.2) is 25.5 Å². The number of nitrogens with one attached hydrogen (secondary N) is 1. The topological polar surface area (TPSA) is 83.5 Å². The first-order valence-corrected chi connectivity index (χ1v) is 10.5. The van der Waals surface area contributed by atoms with Crippen molar-refractivity contribution in [3.8, 4) is 11.1 Å². The number of rotatable bonds is 6. The van der Waals surface area contributed by atoms with Crippen LogP contribution in [0.2, 0.25) is 0 Å². The Bertz CT molecular complexity index is 880. The monoisotopic (exact) mass is 489 g/mol. The van der Waals surface area contributed by atoms with Gasteiger partial charge in [0.2, 0.25) is 10.0 Å². The summed E-state index contributed by atoms with van der Waals surface area (Å²) in [7, 11) is -3.97. The molecule has 134 valence electrons. The van der Waals surface area contributed by atoms with Gasteiger partial charge in [0.15, 0.2) is 0 Å². The Hall–Kier alpha value is -1.22. The van der Waals surface area contributed by atoms with Crippen LogP contribution in [-0.2, 0) is 14.8 Å². The van der Waals surface area contributed by atoms with Crippen molar-refractivity contribution in [1.82, 2.24) is 4.72 Å². The molecule has 8 heteroatoms. The Morgan fingerprint density at radius 3 is 2.08 bits per heavy atom. The smallest absolute Gasteiger partial charge is 0.322 e. The summed E-state index contributed by atoms with van der Waals surface area (Å²) >= 11 is 6.65. The number of carbonyl (C=O) groups is 1. The zero-order valence-electron chi connectivity index (χ0n) is 13.5. The van der Waals surface area contributed by atoms with E-state index < -0.39 is 22.0 Å². The van der Waals surface area contributed by atoms with Crippen LogP contribution in [0.3, 0.4) is 0 Å². The minimum Gasteiger partial charge on any atom is -0.480 e. The number of aliphatic carboxylic acids is 1. The fraction of sp³-hybridized carbons (Fsp3) is 0.235. The summed E-state index contributed by atoms with van der Waals surface area (Å²) in [6.45, 7) is 3.29. The fourth-order valence-electron chi connectivity index (χ4n) is 2.24. The molecule has 2 N–H and O–H groups in total. The quantitative estimate of drug-likeness (QED) is 0.633. The second-order valence-electron chi connectivity index (χ2n) is 5.83. The fourth-order valence-corrected chi connectivity index (χ4v) is 4.92. The predicted molar refractivity (Wildman–Crippen MR) is 104 cm³/mol. The van der Waals surface area contributed by atoms with Crippen molar-refractivity contribution in [2.24, 2.45) is 5.92 Å². The van der Waals surface area contributed by atoms with E-state index in [2.05, 4.69) is 36.6 Å². The molecule has 0 aliphatic heterocycles. The molecule has 0 amide bonds. The van der Waals surface area contributed by atoms with Crippen LogP contribution < -0.4 is 4.72 Å². The first-order valence-electron chi connectivity index (χ1n) is 7.42. The maximum absolute atomic E-state index is 12.6. The zero-order chi connectivity index (χ0) is 18.8. The van der Waals surface area contributed by atoms with Gasteiger partial charge in [-0.1, -0.05) is 48.0 Å². The van der Waals surface area contributed by atoms with Gasteiger partial charge in [0.25, 0.3) is 0 Å². The molecule has 0 bridgehead atoms. The van der Waals surface area contributed by atoms with Gasteiger partial charge in [-0.25, -0.2) is 8.42 Å². The maximum Gasteiger partial charge on any atom is 0.322 e. The predicted octanol–water partition coefficient (Wildman–Crippen LogP) is 4.27. The van der Waals surface area contributed by atoms with Crippen LogP contribution in [0.5, 0.6) is 0 Å². The van der Waals surface area contributed by atoms with Gasteiger partial charge in [-0.2, -0.15) is 4.72 Å². The molecule has 0 aromatic heterocycles. The van der Waals surface area contributed by atoms with Crippen LogP contribution in [0, 0.1) is 5.92 Å². The summed E-state index contributed by atoms with van der Waals surface area (Å²) in [5.74, 6) is -1.59.